The Morgan fingerprint density at radius 2 is 1.79 bits per heavy atom. The second-order valence-electron chi connectivity index (χ2n) is 5.64. The van der Waals surface area contributed by atoms with Gasteiger partial charge in [-0.1, -0.05) is 17.7 Å². The van der Waals surface area contributed by atoms with E-state index in [-0.39, 0.29) is 11.7 Å². The zero-order chi connectivity index (χ0) is 20.5. The van der Waals surface area contributed by atoms with Crippen LogP contribution in [0.4, 0.5) is 0 Å². The van der Waals surface area contributed by atoms with E-state index in [1.807, 2.05) is 26.0 Å². The summed E-state index contributed by atoms with van der Waals surface area (Å²) >= 11 is 8.35. The Hall–Kier alpha value is -2.65. The number of amides is 2. The summed E-state index contributed by atoms with van der Waals surface area (Å²) in [5, 5.41) is 2.43. The van der Waals surface area contributed by atoms with Gasteiger partial charge in [0, 0.05) is 5.56 Å². The van der Waals surface area contributed by atoms with E-state index in [1.54, 1.807) is 30.3 Å². The molecule has 2 aromatic rings. The van der Waals surface area contributed by atoms with E-state index in [9.17, 15) is 9.59 Å². The second-order valence-corrected chi connectivity index (χ2v) is 6.90. The van der Waals surface area contributed by atoms with Crippen molar-refractivity contribution in [2.45, 2.75) is 13.8 Å². The summed E-state index contributed by atoms with van der Waals surface area (Å²) in [4.78, 5) is 24.0. The van der Waals surface area contributed by atoms with Gasteiger partial charge in [-0.3, -0.25) is 25.8 Å². The van der Waals surface area contributed by atoms with Gasteiger partial charge < -0.3 is 9.47 Å². The van der Waals surface area contributed by atoms with Crippen molar-refractivity contribution in [3.8, 4) is 11.5 Å². The van der Waals surface area contributed by atoms with E-state index >= 15 is 0 Å². The van der Waals surface area contributed by atoms with E-state index in [0.717, 1.165) is 5.56 Å². The topological polar surface area (TPSA) is 88.7 Å². The van der Waals surface area contributed by atoms with Crippen LogP contribution >= 0.6 is 28.1 Å². The number of rotatable bonds is 6. The van der Waals surface area contributed by atoms with Crippen molar-refractivity contribution in [2.75, 3.05) is 13.2 Å². The molecule has 0 aromatic heterocycles. The van der Waals surface area contributed by atoms with Crippen LogP contribution in [-0.4, -0.2) is 30.1 Å². The van der Waals surface area contributed by atoms with Gasteiger partial charge >= 0.3 is 0 Å². The molecule has 0 atom stereocenters. The van der Waals surface area contributed by atoms with Crippen LogP contribution in [0.3, 0.4) is 0 Å². The third-order valence-electron chi connectivity index (χ3n) is 3.43. The maximum Gasteiger partial charge on any atom is 0.276 e. The number of hydrazine groups is 1. The third-order valence-corrected chi connectivity index (χ3v) is 4.25. The number of aryl methyl sites for hydroxylation is 1. The predicted molar refractivity (Wildman–Crippen MR) is 113 cm³/mol. The first-order chi connectivity index (χ1) is 13.4. The minimum absolute atomic E-state index is 0.0429. The lowest BCUT2D eigenvalue weighted by atomic mass is 10.2. The fourth-order valence-electron chi connectivity index (χ4n) is 2.07. The number of nitrogens with one attached hydrogen (secondary N) is 3. The summed E-state index contributed by atoms with van der Waals surface area (Å²) in [6, 6.07) is 12.2. The Morgan fingerprint density at radius 1 is 1.07 bits per heavy atom. The molecule has 0 unspecified atom stereocenters. The molecule has 0 spiro atoms. The van der Waals surface area contributed by atoms with Crippen molar-refractivity contribution in [3.63, 3.8) is 0 Å². The van der Waals surface area contributed by atoms with Gasteiger partial charge in [0.05, 0.1) is 11.1 Å². The molecular weight excluding hydrogens is 446 g/mol. The molecule has 2 amide bonds. The molecule has 2 rings (SSSR count). The molecule has 0 heterocycles. The molecule has 3 N–H and O–H groups in total. The fraction of sp³-hybridized carbons (Fsp3) is 0.211. The van der Waals surface area contributed by atoms with Crippen LogP contribution in [0.1, 0.15) is 22.8 Å². The van der Waals surface area contributed by atoms with Gasteiger partial charge in [0.25, 0.3) is 11.8 Å². The average Bonchev–Trinajstić information content (AvgIpc) is 2.67. The summed E-state index contributed by atoms with van der Waals surface area (Å²) in [5.74, 6) is 0.352. The average molecular weight is 466 g/mol. The molecular formula is C19H20BrN3O4S. The molecule has 0 saturated carbocycles. The van der Waals surface area contributed by atoms with Gasteiger partial charge in [0.1, 0.15) is 11.5 Å². The van der Waals surface area contributed by atoms with E-state index in [0.29, 0.717) is 28.1 Å². The first kappa shape index (κ1) is 21.6. The van der Waals surface area contributed by atoms with E-state index < -0.39 is 11.8 Å². The maximum atomic E-state index is 12.2. The van der Waals surface area contributed by atoms with Gasteiger partial charge in [0.2, 0.25) is 0 Å². The Morgan fingerprint density at radius 3 is 2.43 bits per heavy atom. The number of ether oxygens (including phenoxy) is 2. The molecule has 0 radical (unpaired) electrons. The quantitative estimate of drug-likeness (QED) is 0.448. The molecule has 28 heavy (non-hydrogen) atoms. The largest absolute Gasteiger partial charge is 0.493 e. The van der Waals surface area contributed by atoms with Crippen molar-refractivity contribution in [1.29, 1.82) is 0 Å². The summed E-state index contributed by atoms with van der Waals surface area (Å²) in [5.41, 5.74) is 6.30. The minimum Gasteiger partial charge on any atom is -0.493 e. The Balaban J connectivity index is 1.76. The van der Waals surface area contributed by atoms with Crippen LogP contribution in [0.5, 0.6) is 11.5 Å². The molecule has 2 aromatic carbocycles. The number of halogens is 1. The standard InChI is InChI=1S/C19H20BrN3O4S/c1-3-26-16-9-6-13(10-15(16)20)18(25)21-19(28)23-22-17(24)11-27-14-7-4-12(2)5-8-14/h4-10H,3,11H2,1-2H3,(H,22,24)(H2,21,23,25,28). The highest BCUT2D eigenvalue weighted by Gasteiger charge is 2.11. The highest BCUT2D eigenvalue weighted by molar-refractivity contribution is 9.10. The van der Waals surface area contributed by atoms with Gasteiger partial charge in [0.15, 0.2) is 11.7 Å². The van der Waals surface area contributed by atoms with Crippen molar-refractivity contribution in [1.82, 2.24) is 16.2 Å². The Labute approximate surface area is 176 Å². The summed E-state index contributed by atoms with van der Waals surface area (Å²) in [6.45, 7) is 4.16. The van der Waals surface area contributed by atoms with Gasteiger partial charge in [-0.25, -0.2) is 0 Å². The minimum atomic E-state index is -0.444. The molecule has 0 fully saturated rings. The zero-order valence-electron chi connectivity index (χ0n) is 15.4. The van der Waals surface area contributed by atoms with E-state index in [4.69, 9.17) is 21.7 Å². The molecule has 0 saturated heterocycles. The molecule has 0 aliphatic carbocycles. The number of hydrogen-bond donors (Lipinski definition) is 3. The number of carbonyl (C=O) groups excluding carboxylic acids is 2. The Bertz CT molecular complexity index is 859. The molecule has 0 aliphatic heterocycles. The van der Waals surface area contributed by atoms with Crippen molar-refractivity contribution in [3.05, 3.63) is 58.1 Å². The van der Waals surface area contributed by atoms with Crippen LogP contribution in [0.2, 0.25) is 0 Å². The van der Waals surface area contributed by atoms with Gasteiger partial charge in [-0.2, -0.15) is 0 Å². The molecule has 0 bridgehead atoms. The van der Waals surface area contributed by atoms with Crippen LogP contribution in [0.25, 0.3) is 0 Å². The van der Waals surface area contributed by atoms with Gasteiger partial charge in [-0.15, -0.1) is 0 Å². The summed E-state index contributed by atoms with van der Waals surface area (Å²) in [7, 11) is 0. The second kappa shape index (κ2) is 10.6. The number of thiocarbonyl (C=S) groups is 1. The smallest absolute Gasteiger partial charge is 0.276 e. The van der Waals surface area contributed by atoms with Crippen molar-refractivity contribution < 1.29 is 19.1 Å². The van der Waals surface area contributed by atoms with E-state index in [1.165, 1.54) is 0 Å². The van der Waals surface area contributed by atoms with Gasteiger partial charge in [-0.05, 0) is 72.3 Å². The van der Waals surface area contributed by atoms with E-state index in [2.05, 4.69) is 32.1 Å². The highest BCUT2D eigenvalue weighted by atomic mass is 79.9. The van der Waals surface area contributed by atoms with Crippen LogP contribution in [-0.2, 0) is 4.79 Å². The molecule has 148 valence electrons. The fourth-order valence-corrected chi connectivity index (χ4v) is 2.70. The first-order valence-electron chi connectivity index (χ1n) is 8.41. The normalized spacial score (nSPS) is 9.96. The highest BCUT2D eigenvalue weighted by Crippen LogP contribution is 2.25. The lowest BCUT2D eigenvalue weighted by Gasteiger charge is -2.12. The zero-order valence-corrected chi connectivity index (χ0v) is 17.8. The molecule has 0 aliphatic rings. The summed E-state index contributed by atoms with van der Waals surface area (Å²) in [6.07, 6.45) is 0. The summed E-state index contributed by atoms with van der Waals surface area (Å²) < 4.78 is 11.4. The lowest BCUT2D eigenvalue weighted by Crippen LogP contribution is -2.49. The number of hydrogen-bond acceptors (Lipinski definition) is 5. The number of benzene rings is 2. The first-order valence-corrected chi connectivity index (χ1v) is 9.61. The van der Waals surface area contributed by atoms with Crippen LogP contribution in [0, 0.1) is 6.92 Å². The van der Waals surface area contributed by atoms with Crippen LogP contribution < -0.4 is 25.6 Å². The third kappa shape index (κ3) is 6.82. The lowest BCUT2D eigenvalue weighted by molar-refractivity contribution is -0.123. The molecule has 9 heteroatoms. The Kier molecular flexibility index (Phi) is 8.21. The monoisotopic (exact) mass is 465 g/mol. The predicted octanol–water partition coefficient (Wildman–Crippen LogP) is 2.87. The number of carbonyl (C=O) groups is 2. The van der Waals surface area contributed by atoms with Crippen molar-refractivity contribution >= 4 is 45.1 Å². The maximum absolute atomic E-state index is 12.2. The van der Waals surface area contributed by atoms with Crippen molar-refractivity contribution in [2.24, 2.45) is 0 Å². The van der Waals surface area contributed by atoms with Crippen LogP contribution in [0.15, 0.2) is 46.9 Å². The molecule has 7 nitrogen and oxygen atoms in total. The SMILES string of the molecule is CCOc1ccc(C(=O)NC(=S)NNC(=O)COc2ccc(C)cc2)cc1Br.